The van der Waals surface area contributed by atoms with Gasteiger partial charge in [0.05, 0.1) is 13.2 Å². The average molecular weight is 285 g/mol. The van der Waals surface area contributed by atoms with Gasteiger partial charge in [0, 0.05) is 11.8 Å². The highest BCUT2D eigenvalue weighted by molar-refractivity contribution is 5.84. The molecule has 0 aromatic heterocycles. The van der Waals surface area contributed by atoms with Gasteiger partial charge in [-0.25, -0.2) is 0 Å². The molecule has 0 aliphatic heterocycles. The van der Waals surface area contributed by atoms with Crippen LogP contribution < -0.4 is 4.74 Å². The van der Waals surface area contributed by atoms with Crippen LogP contribution in [0.15, 0.2) is 53.5 Å². The van der Waals surface area contributed by atoms with Crippen LogP contribution in [-0.4, -0.2) is 29.6 Å². The maximum atomic E-state index is 10.2. The lowest BCUT2D eigenvalue weighted by atomic mass is 10.0. The summed E-state index contributed by atoms with van der Waals surface area (Å²) in [5, 5.41) is 20.2. The molecule has 0 amide bonds. The zero-order valence-electron chi connectivity index (χ0n) is 12.1. The molecule has 0 heterocycles. The second-order valence-electron chi connectivity index (χ2n) is 4.77. The van der Waals surface area contributed by atoms with E-state index < -0.39 is 6.10 Å². The SMILES string of the molecule is COc1cccc(C=N[C@@H](C)[C@H](O)c2ccccc2)c1O. The van der Waals surface area contributed by atoms with Crippen LogP contribution in [0.5, 0.6) is 11.5 Å². The maximum absolute atomic E-state index is 10.2. The van der Waals surface area contributed by atoms with Gasteiger partial charge < -0.3 is 14.9 Å². The average Bonchev–Trinajstić information content (AvgIpc) is 2.53. The fraction of sp³-hybridized carbons (Fsp3) is 0.235. The van der Waals surface area contributed by atoms with Gasteiger partial charge in [-0.05, 0) is 24.6 Å². The molecule has 2 aromatic carbocycles. The third-order valence-corrected chi connectivity index (χ3v) is 3.30. The quantitative estimate of drug-likeness (QED) is 0.830. The molecule has 21 heavy (non-hydrogen) atoms. The van der Waals surface area contributed by atoms with E-state index in [4.69, 9.17) is 4.74 Å². The van der Waals surface area contributed by atoms with Crippen LogP contribution in [0, 0.1) is 0 Å². The number of aliphatic imine (C=N–C) groups is 1. The summed E-state index contributed by atoms with van der Waals surface area (Å²) in [6, 6.07) is 14.2. The van der Waals surface area contributed by atoms with Gasteiger partial charge in [0.25, 0.3) is 0 Å². The number of aliphatic hydroxyl groups excluding tert-OH is 1. The van der Waals surface area contributed by atoms with Gasteiger partial charge in [0.1, 0.15) is 6.10 Å². The van der Waals surface area contributed by atoms with E-state index in [9.17, 15) is 10.2 Å². The highest BCUT2D eigenvalue weighted by atomic mass is 16.5. The molecule has 4 nitrogen and oxygen atoms in total. The van der Waals surface area contributed by atoms with Crippen molar-refractivity contribution in [1.29, 1.82) is 0 Å². The van der Waals surface area contributed by atoms with Crippen LogP contribution in [0.2, 0.25) is 0 Å². The minimum Gasteiger partial charge on any atom is -0.504 e. The number of phenols is 1. The number of rotatable bonds is 5. The van der Waals surface area contributed by atoms with Crippen LogP contribution in [-0.2, 0) is 0 Å². The highest BCUT2D eigenvalue weighted by Gasteiger charge is 2.14. The van der Waals surface area contributed by atoms with Crippen LogP contribution in [0.1, 0.15) is 24.2 Å². The third kappa shape index (κ3) is 3.61. The van der Waals surface area contributed by atoms with Crippen molar-refractivity contribution in [2.24, 2.45) is 4.99 Å². The Morgan fingerprint density at radius 1 is 1.10 bits per heavy atom. The number of hydrogen-bond donors (Lipinski definition) is 2. The number of phenolic OH excluding ortho intramolecular Hbond substituents is 1. The second-order valence-corrected chi connectivity index (χ2v) is 4.77. The number of methoxy groups -OCH3 is 1. The molecule has 4 heteroatoms. The lowest BCUT2D eigenvalue weighted by Gasteiger charge is -2.15. The number of nitrogens with zero attached hydrogens (tertiary/aromatic N) is 1. The first-order valence-electron chi connectivity index (χ1n) is 6.75. The van der Waals surface area contributed by atoms with E-state index in [-0.39, 0.29) is 11.8 Å². The molecule has 2 rings (SSSR count). The van der Waals surface area contributed by atoms with Crippen molar-refractivity contribution in [3.63, 3.8) is 0 Å². The maximum Gasteiger partial charge on any atom is 0.166 e. The molecule has 110 valence electrons. The Bertz CT molecular complexity index is 611. The Labute approximate surface area is 124 Å². The molecule has 0 saturated heterocycles. The topological polar surface area (TPSA) is 62.0 Å². The summed E-state index contributed by atoms with van der Waals surface area (Å²) < 4.78 is 5.05. The predicted octanol–water partition coefficient (Wildman–Crippen LogP) is 2.94. The number of hydrogen-bond acceptors (Lipinski definition) is 4. The molecular formula is C17H19NO3. The first-order chi connectivity index (χ1) is 10.1. The number of ether oxygens (including phenoxy) is 1. The van der Waals surface area contributed by atoms with Crippen LogP contribution >= 0.6 is 0 Å². The first kappa shape index (κ1) is 15.1. The van der Waals surface area contributed by atoms with Crippen molar-refractivity contribution in [3.05, 3.63) is 59.7 Å². The lowest BCUT2D eigenvalue weighted by Crippen LogP contribution is -2.12. The van der Waals surface area contributed by atoms with E-state index in [1.165, 1.54) is 7.11 Å². The molecule has 0 spiro atoms. The summed E-state index contributed by atoms with van der Waals surface area (Å²) in [6.45, 7) is 1.82. The van der Waals surface area contributed by atoms with Crippen LogP contribution in [0.3, 0.4) is 0 Å². The van der Waals surface area contributed by atoms with Crippen molar-refractivity contribution in [1.82, 2.24) is 0 Å². The summed E-state index contributed by atoms with van der Waals surface area (Å²) in [6.07, 6.45) is 0.865. The van der Waals surface area contributed by atoms with Crippen molar-refractivity contribution in [2.45, 2.75) is 19.1 Å². The van der Waals surface area contributed by atoms with Crippen molar-refractivity contribution in [3.8, 4) is 11.5 Å². The third-order valence-electron chi connectivity index (χ3n) is 3.30. The van der Waals surface area contributed by atoms with Gasteiger partial charge in [0.15, 0.2) is 11.5 Å². The van der Waals surface area contributed by atoms with Crippen LogP contribution in [0.4, 0.5) is 0 Å². The summed E-state index contributed by atoms with van der Waals surface area (Å²) in [7, 11) is 1.50. The van der Waals surface area contributed by atoms with Gasteiger partial charge in [-0.1, -0.05) is 36.4 Å². The molecule has 2 aromatic rings. The fourth-order valence-electron chi connectivity index (χ4n) is 2.02. The zero-order chi connectivity index (χ0) is 15.2. The normalized spacial score (nSPS) is 14.0. The monoisotopic (exact) mass is 285 g/mol. The summed E-state index contributed by atoms with van der Waals surface area (Å²) in [5.74, 6) is 0.445. The largest absolute Gasteiger partial charge is 0.504 e. The highest BCUT2D eigenvalue weighted by Crippen LogP contribution is 2.28. The Hall–Kier alpha value is -2.33. The van der Waals surface area contributed by atoms with E-state index in [0.717, 1.165) is 5.56 Å². The molecule has 0 saturated carbocycles. The summed E-state index contributed by atoms with van der Waals surface area (Å²) in [5.41, 5.74) is 1.37. The summed E-state index contributed by atoms with van der Waals surface area (Å²) >= 11 is 0. The molecule has 0 aliphatic rings. The number of benzene rings is 2. The predicted molar refractivity (Wildman–Crippen MR) is 83.1 cm³/mol. The fourth-order valence-corrected chi connectivity index (χ4v) is 2.02. The Morgan fingerprint density at radius 3 is 2.48 bits per heavy atom. The van der Waals surface area contributed by atoms with E-state index >= 15 is 0 Å². The first-order valence-corrected chi connectivity index (χ1v) is 6.75. The van der Waals surface area contributed by atoms with E-state index in [0.29, 0.717) is 11.3 Å². The van der Waals surface area contributed by atoms with Crippen LogP contribution in [0.25, 0.3) is 0 Å². The van der Waals surface area contributed by atoms with Gasteiger partial charge >= 0.3 is 0 Å². The lowest BCUT2D eigenvalue weighted by molar-refractivity contribution is 0.154. The van der Waals surface area contributed by atoms with E-state index in [1.54, 1.807) is 24.4 Å². The van der Waals surface area contributed by atoms with Gasteiger partial charge in [-0.15, -0.1) is 0 Å². The Morgan fingerprint density at radius 2 is 1.81 bits per heavy atom. The van der Waals surface area contributed by atoms with Crippen molar-refractivity contribution < 1.29 is 14.9 Å². The second kappa shape index (κ2) is 6.90. The van der Waals surface area contributed by atoms with Gasteiger partial charge in [0.2, 0.25) is 0 Å². The molecule has 0 radical (unpaired) electrons. The number of aromatic hydroxyl groups is 1. The van der Waals surface area contributed by atoms with Crippen molar-refractivity contribution >= 4 is 6.21 Å². The smallest absolute Gasteiger partial charge is 0.166 e. The van der Waals surface area contributed by atoms with Gasteiger partial charge in [-0.2, -0.15) is 0 Å². The Balaban J connectivity index is 2.14. The van der Waals surface area contributed by atoms with E-state index in [2.05, 4.69) is 4.99 Å². The standard InChI is InChI=1S/C17H19NO3/c1-12(16(19)13-7-4-3-5-8-13)18-11-14-9-6-10-15(21-2)17(14)20/h3-12,16,19-20H,1-2H3/t12-,16-/m0/s1. The number of para-hydroxylation sites is 1. The molecule has 0 aliphatic carbocycles. The molecule has 0 unspecified atom stereocenters. The summed E-state index contributed by atoms with van der Waals surface area (Å²) in [4.78, 5) is 4.32. The molecule has 2 N–H and O–H groups in total. The Kier molecular flexibility index (Phi) is 4.95. The molecule has 0 bridgehead atoms. The molecule has 2 atom stereocenters. The molecule has 0 fully saturated rings. The zero-order valence-corrected chi connectivity index (χ0v) is 12.1. The van der Waals surface area contributed by atoms with Gasteiger partial charge in [-0.3, -0.25) is 4.99 Å². The van der Waals surface area contributed by atoms with Crippen molar-refractivity contribution in [2.75, 3.05) is 7.11 Å². The minimum absolute atomic E-state index is 0.0464. The minimum atomic E-state index is -0.685. The molecular weight excluding hydrogens is 266 g/mol. The van der Waals surface area contributed by atoms with E-state index in [1.807, 2.05) is 37.3 Å². The number of aliphatic hydroxyl groups is 1.